The molecule has 2 aliphatic rings. The number of hydrogen-bond acceptors (Lipinski definition) is 6. The van der Waals surface area contributed by atoms with E-state index in [1.807, 2.05) is 12.1 Å². The number of hydrogen-bond donors (Lipinski definition) is 0. The van der Waals surface area contributed by atoms with Crippen molar-refractivity contribution in [3.05, 3.63) is 53.2 Å². The molecule has 4 rings (SSSR count). The van der Waals surface area contributed by atoms with Crippen molar-refractivity contribution in [2.24, 2.45) is 0 Å². The zero-order valence-electron chi connectivity index (χ0n) is 20.3. The monoisotopic (exact) mass is 516 g/mol. The van der Waals surface area contributed by atoms with Crippen LogP contribution >= 0.6 is 12.2 Å². The van der Waals surface area contributed by atoms with Gasteiger partial charge in [-0.05, 0) is 75.9 Å². The fraction of sp³-hybridized carbons (Fsp3) is 0.440. The van der Waals surface area contributed by atoms with Gasteiger partial charge in [-0.1, -0.05) is 6.07 Å². The van der Waals surface area contributed by atoms with Crippen LogP contribution in [0.25, 0.3) is 0 Å². The third kappa shape index (κ3) is 4.88. The first-order valence-electron chi connectivity index (χ1n) is 11.6. The lowest BCUT2D eigenvalue weighted by atomic mass is 10.0. The Balaban J connectivity index is 1.57. The zero-order chi connectivity index (χ0) is 26.3. The number of nitrogens with zero attached hydrogens (tertiary/aromatic N) is 6. The van der Waals surface area contributed by atoms with E-state index in [4.69, 9.17) is 17.5 Å². The summed E-state index contributed by atoms with van der Waals surface area (Å²) in [5.74, 6) is 0.441. The highest BCUT2D eigenvalue weighted by Crippen LogP contribution is 2.38. The van der Waals surface area contributed by atoms with E-state index in [1.165, 1.54) is 6.07 Å². The first-order valence-corrected chi connectivity index (χ1v) is 12.0. The highest BCUT2D eigenvalue weighted by atomic mass is 32.1. The Kier molecular flexibility index (Phi) is 6.94. The van der Waals surface area contributed by atoms with Crippen LogP contribution in [0.5, 0.6) is 0 Å². The van der Waals surface area contributed by atoms with Crippen molar-refractivity contribution in [3.63, 3.8) is 0 Å². The number of benzene rings is 1. The number of carbonyl (C=O) groups excluding carboxylic acids is 1. The normalized spacial score (nSPS) is 19.0. The number of pyridine rings is 1. The number of amides is 1. The van der Waals surface area contributed by atoms with Gasteiger partial charge in [0.25, 0.3) is 5.91 Å². The summed E-state index contributed by atoms with van der Waals surface area (Å²) < 4.78 is 40.5. The molecule has 11 heteroatoms. The van der Waals surface area contributed by atoms with Crippen LogP contribution in [0.2, 0.25) is 0 Å². The Hall–Kier alpha value is -3.23. The predicted molar refractivity (Wildman–Crippen MR) is 134 cm³/mol. The summed E-state index contributed by atoms with van der Waals surface area (Å²) in [4.78, 5) is 25.3. The number of aromatic nitrogens is 1. The van der Waals surface area contributed by atoms with Crippen LogP contribution in [0.15, 0.2) is 36.5 Å². The summed E-state index contributed by atoms with van der Waals surface area (Å²) in [5, 5.41) is 9.18. The van der Waals surface area contributed by atoms with Gasteiger partial charge in [0, 0.05) is 32.4 Å². The minimum atomic E-state index is -4.74. The Bertz CT molecular complexity index is 1210. The molecule has 7 nitrogen and oxygen atoms in total. The lowest BCUT2D eigenvalue weighted by Crippen LogP contribution is -2.43. The molecule has 1 amide bonds. The van der Waals surface area contributed by atoms with Gasteiger partial charge in [-0.3, -0.25) is 9.69 Å². The molecular formula is C25H27F3N6OS. The molecule has 0 aliphatic carbocycles. The van der Waals surface area contributed by atoms with E-state index >= 15 is 0 Å². The minimum Gasteiger partial charge on any atom is -0.355 e. The summed E-state index contributed by atoms with van der Waals surface area (Å²) in [6.07, 6.45) is -1.93. The van der Waals surface area contributed by atoms with E-state index in [9.17, 15) is 18.0 Å². The number of anilines is 2. The van der Waals surface area contributed by atoms with Crippen molar-refractivity contribution in [1.29, 1.82) is 5.26 Å². The number of halogens is 3. The van der Waals surface area contributed by atoms with Gasteiger partial charge in [0.2, 0.25) is 0 Å². The van der Waals surface area contributed by atoms with Crippen LogP contribution < -0.4 is 9.80 Å². The van der Waals surface area contributed by atoms with E-state index in [-0.39, 0.29) is 17.3 Å². The van der Waals surface area contributed by atoms with Crippen LogP contribution in [0.4, 0.5) is 24.7 Å². The third-order valence-electron chi connectivity index (χ3n) is 6.70. The molecule has 0 atom stereocenters. The molecule has 0 bridgehead atoms. The first-order chi connectivity index (χ1) is 16.9. The Morgan fingerprint density at radius 2 is 1.89 bits per heavy atom. The molecule has 0 spiro atoms. The summed E-state index contributed by atoms with van der Waals surface area (Å²) in [5.41, 5.74) is -1.90. The smallest absolute Gasteiger partial charge is 0.355 e. The van der Waals surface area contributed by atoms with Crippen LogP contribution in [0.1, 0.15) is 37.0 Å². The molecule has 0 N–H and O–H groups in total. The molecule has 0 saturated carbocycles. The third-order valence-corrected chi connectivity index (χ3v) is 7.11. The Morgan fingerprint density at radius 1 is 1.14 bits per heavy atom. The molecule has 2 fully saturated rings. The lowest BCUT2D eigenvalue weighted by Gasteiger charge is -2.29. The van der Waals surface area contributed by atoms with E-state index in [1.54, 1.807) is 31.0 Å². The second kappa shape index (κ2) is 9.67. The Morgan fingerprint density at radius 3 is 2.53 bits per heavy atom. The van der Waals surface area contributed by atoms with Gasteiger partial charge in [0.05, 0.1) is 22.9 Å². The second-order valence-electron chi connectivity index (χ2n) is 9.58. The van der Waals surface area contributed by atoms with Crippen LogP contribution in [-0.2, 0) is 17.5 Å². The van der Waals surface area contributed by atoms with E-state index in [0.29, 0.717) is 0 Å². The van der Waals surface area contributed by atoms with Gasteiger partial charge in [0.1, 0.15) is 11.4 Å². The molecule has 2 saturated heterocycles. The van der Waals surface area contributed by atoms with Crippen molar-refractivity contribution < 1.29 is 18.0 Å². The molecule has 3 heterocycles. The zero-order valence-corrected chi connectivity index (χ0v) is 21.2. The molecule has 1 aromatic carbocycles. The average molecular weight is 517 g/mol. The van der Waals surface area contributed by atoms with Crippen LogP contribution in [0.3, 0.4) is 0 Å². The van der Waals surface area contributed by atoms with Gasteiger partial charge in [-0.2, -0.15) is 18.4 Å². The quantitative estimate of drug-likeness (QED) is 0.569. The summed E-state index contributed by atoms with van der Waals surface area (Å²) >= 11 is 5.57. The maximum atomic E-state index is 13.5. The van der Waals surface area contributed by atoms with Gasteiger partial charge in [-0.15, -0.1) is 0 Å². The SMILES string of the molecule is CN1CCCN(c2ccc(CN3C(=S)N(c4ccc(C#N)c(C(F)(F)F)c4)C(=O)C3(C)C)cn2)CC1. The second-order valence-corrected chi connectivity index (χ2v) is 9.94. The fourth-order valence-electron chi connectivity index (χ4n) is 4.49. The number of alkyl halides is 3. The summed E-state index contributed by atoms with van der Waals surface area (Å²) in [6.45, 7) is 7.46. The number of thiocarbonyl (C=S) groups is 1. The average Bonchev–Trinajstić information content (AvgIpc) is 2.98. The molecule has 1 aromatic heterocycles. The maximum Gasteiger partial charge on any atom is 0.417 e. The van der Waals surface area contributed by atoms with Gasteiger partial charge < -0.3 is 14.7 Å². The van der Waals surface area contributed by atoms with Crippen molar-refractivity contribution in [2.75, 3.05) is 43.0 Å². The summed E-state index contributed by atoms with van der Waals surface area (Å²) in [7, 11) is 2.10. The molecule has 2 aromatic rings. The van der Waals surface area contributed by atoms with E-state index < -0.39 is 28.7 Å². The number of carbonyl (C=O) groups is 1. The maximum absolute atomic E-state index is 13.5. The largest absolute Gasteiger partial charge is 0.417 e. The molecule has 2 aliphatic heterocycles. The highest BCUT2D eigenvalue weighted by molar-refractivity contribution is 7.80. The lowest BCUT2D eigenvalue weighted by molar-refractivity contribution is -0.137. The minimum absolute atomic E-state index is 0.0218. The summed E-state index contributed by atoms with van der Waals surface area (Å²) in [6, 6.07) is 8.62. The number of rotatable bonds is 4. The number of likely N-dealkylation sites (N-methyl/N-ethyl adjacent to an activating group) is 1. The molecule has 190 valence electrons. The van der Waals surface area contributed by atoms with Gasteiger partial charge >= 0.3 is 6.18 Å². The predicted octanol–water partition coefficient (Wildman–Crippen LogP) is 4.03. The molecular weight excluding hydrogens is 489 g/mol. The molecule has 0 radical (unpaired) electrons. The van der Waals surface area contributed by atoms with Crippen molar-refractivity contribution in [3.8, 4) is 6.07 Å². The van der Waals surface area contributed by atoms with E-state index in [2.05, 4.69) is 21.8 Å². The van der Waals surface area contributed by atoms with Gasteiger partial charge in [-0.25, -0.2) is 4.98 Å². The van der Waals surface area contributed by atoms with Gasteiger partial charge in [0.15, 0.2) is 5.11 Å². The van der Waals surface area contributed by atoms with Crippen molar-refractivity contribution >= 4 is 34.7 Å². The Labute approximate surface area is 213 Å². The first kappa shape index (κ1) is 25.9. The molecule has 36 heavy (non-hydrogen) atoms. The van der Waals surface area contributed by atoms with Crippen molar-refractivity contribution in [1.82, 2.24) is 14.8 Å². The van der Waals surface area contributed by atoms with Crippen molar-refractivity contribution in [2.45, 2.75) is 38.5 Å². The highest BCUT2D eigenvalue weighted by Gasteiger charge is 2.49. The molecule has 0 unspecified atom stereocenters. The fourth-order valence-corrected chi connectivity index (χ4v) is 4.97. The topological polar surface area (TPSA) is 66.7 Å². The van der Waals surface area contributed by atoms with Crippen LogP contribution in [0, 0.1) is 11.3 Å². The van der Waals surface area contributed by atoms with E-state index in [0.717, 1.165) is 61.0 Å². The number of nitriles is 1. The van der Waals surface area contributed by atoms with Crippen LogP contribution in [-0.4, -0.2) is 64.6 Å². The standard InChI is InChI=1S/C25H27F3N6OS/c1-24(2)22(35)34(19-7-6-18(14-29)20(13-19)25(26,27)28)23(36)33(24)16-17-5-8-21(30-15-17)32-10-4-9-31(3)11-12-32/h5-8,13,15H,4,9-12,16H2,1-3H3.